The van der Waals surface area contributed by atoms with Crippen LogP contribution in [0.25, 0.3) is 10.8 Å². The van der Waals surface area contributed by atoms with Crippen LogP contribution in [0.15, 0.2) is 42.5 Å². The van der Waals surface area contributed by atoms with Crippen molar-refractivity contribution in [1.82, 2.24) is 5.32 Å². The van der Waals surface area contributed by atoms with Crippen molar-refractivity contribution in [2.24, 2.45) is 0 Å². The fraction of sp³-hybridized carbons (Fsp3) is 0.412. The van der Waals surface area contributed by atoms with Crippen LogP contribution in [0.3, 0.4) is 0 Å². The van der Waals surface area contributed by atoms with E-state index in [-0.39, 0.29) is 0 Å². The number of anilines is 1. The molecule has 0 bridgehead atoms. The third kappa shape index (κ3) is 3.71. The molecule has 0 unspecified atom stereocenters. The van der Waals surface area contributed by atoms with Crippen molar-refractivity contribution in [3.8, 4) is 0 Å². The number of ether oxygens (including phenoxy) is 1. The predicted octanol–water partition coefficient (Wildman–Crippen LogP) is 2.90. The number of fused-ring (bicyclic) bond motifs is 1. The number of hydrogen-bond donors (Lipinski definition) is 1. The molecule has 20 heavy (non-hydrogen) atoms. The van der Waals surface area contributed by atoms with Crippen molar-refractivity contribution < 1.29 is 4.74 Å². The Labute approximate surface area is 121 Å². The molecule has 3 heteroatoms. The quantitative estimate of drug-likeness (QED) is 0.748. The standard InChI is InChI=1S/C17H24N2O/c1-3-19(13-11-18-12-14-20-2)17-10-6-8-15-7-4-5-9-16(15)17/h4-10,18H,3,11-14H2,1-2H3. The summed E-state index contributed by atoms with van der Waals surface area (Å²) >= 11 is 0. The Balaban J connectivity index is 2.05. The van der Waals surface area contributed by atoms with Crippen LogP contribution in [-0.4, -0.2) is 39.9 Å². The summed E-state index contributed by atoms with van der Waals surface area (Å²) in [6.07, 6.45) is 0. The Kier molecular flexibility index (Phi) is 5.84. The second-order valence-electron chi connectivity index (χ2n) is 4.82. The lowest BCUT2D eigenvalue weighted by Gasteiger charge is -2.25. The lowest BCUT2D eigenvalue weighted by molar-refractivity contribution is 0.200. The highest BCUT2D eigenvalue weighted by Gasteiger charge is 2.07. The highest BCUT2D eigenvalue weighted by Crippen LogP contribution is 2.26. The summed E-state index contributed by atoms with van der Waals surface area (Å²) in [5.74, 6) is 0. The van der Waals surface area contributed by atoms with Crippen LogP contribution in [0, 0.1) is 0 Å². The Hall–Kier alpha value is -1.58. The molecule has 2 aromatic carbocycles. The topological polar surface area (TPSA) is 24.5 Å². The van der Waals surface area contributed by atoms with Crippen LogP contribution in [0.1, 0.15) is 6.92 Å². The largest absolute Gasteiger partial charge is 0.383 e. The van der Waals surface area contributed by atoms with Gasteiger partial charge < -0.3 is 15.0 Å². The second-order valence-corrected chi connectivity index (χ2v) is 4.82. The number of methoxy groups -OCH3 is 1. The van der Waals surface area contributed by atoms with Crippen molar-refractivity contribution in [3.05, 3.63) is 42.5 Å². The van der Waals surface area contributed by atoms with Crippen LogP contribution >= 0.6 is 0 Å². The molecule has 0 heterocycles. The lowest BCUT2D eigenvalue weighted by Crippen LogP contribution is -2.33. The van der Waals surface area contributed by atoms with Crippen molar-refractivity contribution in [2.45, 2.75) is 6.92 Å². The van der Waals surface area contributed by atoms with Gasteiger partial charge in [-0.25, -0.2) is 0 Å². The third-order valence-electron chi connectivity index (χ3n) is 3.53. The molecule has 0 saturated carbocycles. The molecule has 0 spiro atoms. The van der Waals surface area contributed by atoms with E-state index in [1.807, 2.05) is 0 Å². The molecule has 108 valence electrons. The van der Waals surface area contributed by atoms with E-state index in [2.05, 4.69) is 59.6 Å². The van der Waals surface area contributed by atoms with E-state index in [0.29, 0.717) is 0 Å². The molecule has 0 aliphatic rings. The highest BCUT2D eigenvalue weighted by molar-refractivity contribution is 5.94. The normalized spacial score (nSPS) is 10.9. The Morgan fingerprint density at radius 2 is 1.85 bits per heavy atom. The summed E-state index contributed by atoms with van der Waals surface area (Å²) in [4.78, 5) is 2.42. The number of benzene rings is 2. The fourth-order valence-corrected chi connectivity index (χ4v) is 2.45. The zero-order chi connectivity index (χ0) is 14.2. The minimum Gasteiger partial charge on any atom is -0.383 e. The molecular formula is C17H24N2O. The molecule has 2 aromatic rings. The highest BCUT2D eigenvalue weighted by atomic mass is 16.5. The molecule has 0 saturated heterocycles. The molecule has 1 N–H and O–H groups in total. The zero-order valence-corrected chi connectivity index (χ0v) is 12.4. The van der Waals surface area contributed by atoms with Gasteiger partial charge in [-0.15, -0.1) is 0 Å². The van der Waals surface area contributed by atoms with E-state index in [0.717, 1.165) is 32.8 Å². The first-order valence-corrected chi connectivity index (χ1v) is 7.29. The Morgan fingerprint density at radius 1 is 1.05 bits per heavy atom. The van der Waals surface area contributed by atoms with Gasteiger partial charge in [-0.2, -0.15) is 0 Å². The van der Waals surface area contributed by atoms with Crippen molar-refractivity contribution in [2.75, 3.05) is 44.8 Å². The minimum atomic E-state index is 0.764. The fourth-order valence-electron chi connectivity index (χ4n) is 2.45. The second kappa shape index (κ2) is 7.88. The van der Waals surface area contributed by atoms with Gasteiger partial charge in [0.05, 0.1) is 6.61 Å². The van der Waals surface area contributed by atoms with Gasteiger partial charge in [0.2, 0.25) is 0 Å². The maximum atomic E-state index is 5.04. The monoisotopic (exact) mass is 272 g/mol. The molecule has 0 aliphatic heterocycles. The molecule has 0 aromatic heterocycles. The average Bonchev–Trinajstić information content (AvgIpc) is 2.51. The summed E-state index contributed by atoms with van der Waals surface area (Å²) in [6, 6.07) is 15.1. The van der Waals surface area contributed by atoms with Gasteiger partial charge in [-0.05, 0) is 18.4 Å². The first-order valence-electron chi connectivity index (χ1n) is 7.29. The number of likely N-dealkylation sites (N-methyl/N-ethyl adjacent to an activating group) is 1. The molecule has 0 atom stereocenters. The van der Waals surface area contributed by atoms with E-state index in [4.69, 9.17) is 4.74 Å². The first kappa shape index (κ1) is 14.8. The summed E-state index contributed by atoms with van der Waals surface area (Å²) in [5.41, 5.74) is 1.32. The van der Waals surface area contributed by atoms with E-state index in [1.54, 1.807) is 7.11 Å². The smallest absolute Gasteiger partial charge is 0.0587 e. The van der Waals surface area contributed by atoms with E-state index in [1.165, 1.54) is 16.5 Å². The summed E-state index contributed by atoms with van der Waals surface area (Å²) < 4.78 is 5.04. The minimum absolute atomic E-state index is 0.764. The van der Waals surface area contributed by atoms with Gasteiger partial charge in [-0.1, -0.05) is 36.4 Å². The average molecular weight is 272 g/mol. The van der Waals surface area contributed by atoms with Crippen LogP contribution < -0.4 is 10.2 Å². The van der Waals surface area contributed by atoms with Crippen molar-refractivity contribution >= 4 is 16.5 Å². The Morgan fingerprint density at radius 3 is 2.65 bits per heavy atom. The lowest BCUT2D eigenvalue weighted by atomic mass is 10.1. The summed E-state index contributed by atoms with van der Waals surface area (Å²) in [6.45, 7) is 6.87. The molecule has 0 amide bonds. The molecule has 0 radical (unpaired) electrons. The number of nitrogens with one attached hydrogen (secondary N) is 1. The van der Waals surface area contributed by atoms with E-state index in [9.17, 15) is 0 Å². The van der Waals surface area contributed by atoms with Crippen LogP contribution in [-0.2, 0) is 4.74 Å². The van der Waals surface area contributed by atoms with Gasteiger partial charge in [-0.3, -0.25) is 0 Å². The first-order chi connectivity index (χ1) is 9.86. The zero-order valence-electron chi connectivity index (χ0n) is 12.4. The van der Waals surface area contributed by atoms with Crippen LogP contribution in [0.5, 0.6) is 0 Å². The summed E-state index contributed by atoms with van der Waals surface area (Å²) in [7, 11) is 1.73. The van der Waals surface area contributed by atoms with Gasteiger partial charge >= 0.3 is 0 Å². The van der Waals surface area contributed by atoms with Crippen LogP contribution in [0.4, 0.5) is 5.69 Å². The van der Waals surface area contributed by atoms with E-state index >= 15 is 0 Å². The number of nitrogens with zero attached hydrogens (tertiary/aromatic N) is 1. The van der Waals surface area contributed by atoms with E-state index < -0.39 is 0 Å². The number of hydrogen-bond acceptors (Lipinski definition) is 3. The molecule has 3 nitrogen and oxygen atoms in total. The third-order valence-corrected chi connectivity index (χ3v) is 3.53. The molecule has 2 rings (SSSR count). The van der Waals surface area contributed by atoms with Crippen molar-refractivity contribution in [3.63, 3.8) is 0 Å². The predicted molar refractivity (Wildman–Crippen MR) is 86.6 cm³/mol. The maximum absolute atomic E-state index is 5.04. The van der Waals surface area contributed by atoms with Gasteiger partial charge in [0.15, 0.2) is 0 Å². The maximum Gasteiger partial charge on any atom is 0.0587 e. The molecule has 0 aliphatic carbocycles. The molecular weight excluding hydrogens is 248 g/mol. The molecule has 0 fully saturated rings. The van der Waals surface area contributed by atoms with Gasteiger partial charge in [0.1, 0.15) is 0 Å². The summed E-state index contributed by atoms with van der Waals surface area (Å²) in [5, 5.41) is 6.03. The van der Waals surface area contributed by atoms with Gasteiger partial charge in [0, 0.05) is 44.4 Å². The van der Waals surface area contributed by atoms with Gasteiger partial charge in [0.25, 0.3) is 0 Å². The SMILES string of the molecule is CCN(CCNCCOC)c1cccc2ccccc12. The van der Waals surface area contributed by atoms with Crippen LogP contribution in [0.2, 0.25) is 0 Å². The number of rotatable bonds is 8. The Bertz CT molecular complexity index is 522. The van der Waals surface area contributed by atoms with Crippen molar-refractivity contribution in [1.29, 1.82) is 0 Å².